The van der Waals surface area contributed by atoms with Crippen molar-refractivity contribution in [2.75, 3.05) is 16.8 Å². The quantitative estimate of drug-likeness (QED) is 0.477. The molecule has 0 heterocycles. The number of hydrogen-bond donors (Lipinski definition) is 1. The molecule has 168 valence electrons. The summed E-state index contributed by atoms with van der Waals surface area (Å²) in [5, 5.41) is 2.71. The highest BCUT2D eigenvalue weighted by Gasteiger charge is 2.17. The van der Waals surface area contributed by atoms with Crippen molar-refractivity contribution < 1.29 is 17.9 Å². The third kappa shape index (κ3) is 7.54. The van der Waals surface area contributed by atoms with Crippen LogP contribution in [-0.2, 0) is 27.7 Å². The van der Waals surface area contributed by atoms with Gasteiger partial charge in [0.05, 0.1) is 5.75 Å². The molecule has 1 N–H and O–H groups in total. The van der Waals surface area contributed by atoms with Crippen LogP contribution in [0.5, 0.6) is 5.75 Å². The normalized spacial score (nSPS) is 11.2. The van der Waals surface area contributed by atoms with Crippen molar-refractivity contribution in [2.45, 2.75) is 33.3 Å². The third-order valence-corrected chi connectivity index (χ3v) is 6.69. The molecule has 6 heteroatoms. The molecular weight excluding hydrogens is 422 g/mol. The first-order chi connectivity index (χ1) is 15.3. The summed E-state index contributed by atoms with van der Waals surface area (Å²) in [5.74, 6) is -0.371. The molecule has 0 atom stereocenters. The molecule has 32 heavy (non-hydrogen) atoms. The maximum absolute atomic E-state index is 12.3. The lowest BCUT2D eigenvalue weighted by atomic mass is 10.1. The highest BCUT2D eigenvalue weighted by atomic mass is 32.2. The van der Waals surface area contributed by atoms with Crippen LogP contribution in [0.1, 0.15) is 28.7 Å². The number of rotatable bonds is 10. The zero-order chi connectivity index (χ0) is 23.0. The SMILES string of the molecule is Cc1cccc(COc2ccc(NC(=O)CS(=O)(=O)CCCc3ccccc3)c(C)c2)c1. The number of carbonyl (C=O) groups is 1. The van der Waals surface area contributed by atoms with Gasteiger partial charge in [0, 0.05) is 5.69 Å². The molecule has 0 unspecified atom stereocenters. The second-order valence-electron chi connectivity index (χ2n) is 7.98. The fourth-order valence-electron chi connectivity index (χ4n) is 3.43. The summed E-state index contributed by atoms with van der Waals surface area (Å²) < 4.78 is 30.5. The topological polar surface area (TPSA) is 72.5 Å². The molecular formula is C26H29NO4S. The van der Waals surface area contributed by atoms with E-state index in [1.807, 2.05) is 68.4 Å². The molecule has 5 nitrogen and oxygen atoms in total. The van der Waals surface area contributed by atoms with Crippen molar-refractivity contribution in [2.24, 2.45) is 0 Å². The molecule has 0 aliphatic carbocycles. The lowest BCUT2D eigenvalue weighted by Gasteiger charge is -2.12. The van der Waals surface area contributed by atoms with Crippen molar-refractivity contribution in [3.63, 3.8) is 0 Å². The Hall–Kier alpha value is -3.12. The van der Waals surface area contributed by atoms with E-state index < -0.39 is 21.5 Å². The number of ether oxygens (including phenoxy) is 1. The molecule has 0 aromatic heterocycles. The minimum atomic E-state index is -3.47. The Morgan fingerprint density at radius 2 is 1.66 bits per heavy atom. The van der Waals surface area contributed by atoms with Gasteiger partial charge in [0.2, 0.25) is 5.91 Å². The molecule has 3 aromatic rings. The highest BCUT2D eigenvalue weighted by molar-refractivity contribution is 7.92. The van der Waals surface area contributed by atoms with Gasteiger partial charge in [-0.25, -0.2) is 8.42 Å². The monoisotopic (exact) mass is 451 g/mol. The third-order valence-electron chi connectivity index (χ3n) is 5.07. The fourth-order valence-corrected chi connectivity index (χ4v) is 4.63. The molecule has 0 aliphatic heterocycles. The van der Waals surface area contributed by atoms with Gasteiger partial charge in [-0.3, -0.25) is 4.79 Å². The van der Waals surface area contributed by atoms with Crippen LogP contribution in [0.3, 0.4) is 0 Å². The molecule has 3 aromatic carbocycles. The summed E-state index contributed by atoms with van der Waals surface area (Å²) in [7, 11) is -3.47. The van der Waals surface area contributed by atoms with Gasteiger partial charge in [-0.15, -0.1) is 0 Å². The van der Waals surface area contributed by atoms with Crippen LogP contribution >= 0.6 is 0 Å². The molecule has 0 aliphatic rings. The molecule has 0 bridgehead atoms. The predicted octanol–water partition coefficient (Wildman–Crippen LogP) is 4.87. The van der Waals surface area contributed by atoms with Crippen LogP contribution in [0.2, 0.25) is 0 Å². The van der Waals surface area contributed by atoms with Crippen molar-refractivity contribution in [1.29, 1.82) is 0 Å². The highest BCUT2D eigenvalue weighted by Crippen LogP contribution is 2.22. The van der Waals surface area contributed by atoms with E-state index in [0.717, 1.165) is 16.7 Å². The second kappa shape index (κ2) is 11.0. The van der Waals surface area contributed by atoms with E-state index in [1.54, 1.807) is 12.1 Å². The average molecular weight is 452 g/mol. The Kier molecular flexibility index (Phi) is 8.06. The van der Waals surface area contributed by atoms with Crippen molar-refractivity contribution in [1.82, 2.24) is 0 Å². The molecule has 0 saturated heterocycles. The minimum absolute atomic E-state index is 0.0139. The van der Waals surface area contributed by atoms with E-state index in [2.05, 4.69) is 11.4 Å². The van der Waals surface area contributed by atoms with E-state index in [4.69, 9.17) is 4.74 Å². The van der Waals surface area contributed by atoms with Gasteiger partial charge in [0.15, 0.2) is 9.84 Å². The van der Waals surface area contributed by atoms with Gasteiger partial charge in [0.1, 0.15) is 18.1 Å². The second-order valence-corrected chi connectivity index (χ2v) is 10.2. The molecule has 0 saturated carbocycles. The number of hydrogen-bond acceptors (Lipinski definition) is 4. The lowest BCUT2D eigenvalue weighted by molar-refractivity contribution is -0.113. The maximum atomic E-state index is 12.3. The standard InChI is InChI=1S/C26H29NO4S/c1-20-8-6-11-23(16-20)18-31-24-13-14-25(21(2)17-24)27-26(28)19-32(29,30)15-7-12-22-9-4-3-5-10-22/h3-6,8-11,13-14,16-17H,7,12,15,18-19H2,1-2H3,(H,27,28). The number of amides is 1. The largest absolute Gasteiger partial charge is 0.489 e. The smallest absolute Gasteiger partial charge is 0.239 e. The Balaban J connectivity index is 1.49. The van der Waals surface area contributed by atoms with Gasteiger partial charge in [-0.2, -0.15) is 0 Å². The van der Waals surface area contributed by atoms with Gasteiger partial charge >= 0.3 is 0 Å². The summed E-state index contributed by atoms with van der Waals surface area (Å²) in [4.78, 5) is 12.3. The number of benzene rings is 3. The van der Waals surface area contributed by atoms with Gasteiger partial charge in [-0.1, -0.05) is 60.2 Å². The predicted molar refractivity (Wildman–Crippen MR) is 129 cm³/mol. The summed E-state index contributed by atoms with van der Waals surface area (Å²) in [6.45, 7) is 4.34. The van der Waals surface area contributed by atoms with Crippen molar-refractivity contribution in [3.05, 3.63) is 95.1 Å². The number of carbonyl (C=O) groups excluding carboxylic acids is 1. The van der Waals surface area contributed by atoms with Gasteiger partial charge < -0.3 is 10.1 Å². The van der Waals surface area contributed by atoms with Gasteiger partial charge in [-0.05, 0) is 61.6 Å². The summed E-state index contributed by atoms with van der Waals surface area (Å²) >= 11 is 0. The van der Waals surface area contributed by atoms with E-state index in [-0.39, 0.29) is 5.75 Å². The van der Waals surface area contributed by atoms with Crippen LogP contribution in [-0.4, -0.2) is 25.8 Å². The molecule has 1 amide bonds. The van der Waals surface area contributed by atoms with Gasteiger partial charge in [0.25, 0.3) is 0 Å². The van der Waals surface area contributed by atoms with Crippen LogP contribution in [0.25, 0.3) is 0 Å². The molecule has 0 fully saturated rings. The van der Waals surface area contributed by atoms with E-state index in [0.29, 0.717) is 30.9 Å². The first-order valence-corrected chi connectivity index (χ1v) is 12.5. The van der Waals surface area contributed by atoms with Crippen LogP contribution in [0.15, 0.2) is 72.8 Å². The van der Waals surface area contributed by atoms with Crippen LogP contribution in [0.4, 0.5) is 5.69 Å². The minimum Gasteiger partial charge on any atom is -0.489 e. The van der Waals surface area contributed by atoms with Crippen molar-refractivity contribution >= 4 is 21.4 Å². The van der Waals surface area contributed by atoms with Crippen molar-refractivity contribution in [3.8, 4) is 5.75 Å². The Bertz CT molecular complexity index is 1160. The maximum Gasteiger partial charge on any atom is 0.239 e. The number of aryl methyl sites for hydroxylation is 3. The molecule has 0 radical (unpaired) electrons. The Labute approximate surface area is 190 Å². The van der Waals surface area contributed by atoms with E-state index in [1.165, 1.54) is 5.56 Å². The first-order valence-electron chi connectivity index (χ1n) is 10.6. The zero-order valence-corrected chi connectivity index (χ0v) is 19.3. The number of anilines is 1. The average Bonchev–Trinajstić information content (AvgIpc) is 2.74. The molecule has 3 rings (SSSR count). The summed E-state index contributed by atoms with van der Waals surface area (Å²) in [6, 6.07) is 23.2. The first kappa shape index (κ1) is 23.5. The lowest BCUT2D eigenvalue weighted by Crippen LogP contribution is -2.25. The number of nitrogens with one attached hydrogen (secondary N) is 1. The summed E-state index contributed by atoms with van der Waals surface area (Å²) in [5.41, 5.74) is 4.74. The Morgan fingerprint density at radius 1 is 0.906 bits per heavy atom. The van der Waals surface area contributed by atoms with Crippen LogP contribution < -0.4 is 10.1 Å². The summed E-state index contributed by atoms with van der Waals surface area (Å²) in [6.07, 6.45) is 1.16. The zero-order valence-electron chi connectivity index (χ0n) is 18.5. The Morgan fingerprint density at radius 3 is 2.38 bits per heavy atom. The number of sulfone groups is 1. The fraction of sp³-hybridized carbons (Fsp3) is 0.269. The van der Waals surface area contributed by atoms with E-state index >= 15 is 0 Å². The van der Waals surface area contributed by atoms with E-state index in [9.17, 15) is 13.2 Å². The molecule has 0 spiro atoms. The van der Waals surface area contributed by atoms with Crippen LogP contribution in [0, 0.1) is 13.8 Å².